The summed E-state index contributed by atoms with van der Waals surface area (Å²) in [5, 5.41) is 3.32. The van der Waals surface area contributed by atoms with E-state index >= 15 is 0 Å². The molecule has 5 nitrogen and oxygen atoms in total. The molecular formula is C13H15N3O2. The summed E-state index contributed by atoms with van der Waals surface area (Å²) in [6.45, 7) is 1.99. The van der Waals surface area contributed by atoms with Crippen LogP contribution in [0, 0.1) is 0 Å². The number of esters is 1. The summed E-state index contributed by atoms with van der Waals surface area (Å²) in [4.78, 5) is 16.3. The van der Waals surface area contributed by atoms with Crippen LogP contribution in [0.3, 0.4) is 0 Å². The van der Waals surface area contributed by atoms with Gasteiger partial charge < -0.3 is 10.1 Å². The number of rotatable bonds is 2. The summed E-state index contributed by atoms with van der Waals surface area (Å²) in [6, 6.07) is 5.47. The number of aromatic nitrogens is 2. The average Bonchev–Trinajstić information content (AvgIpc) is 3.04. The molecule has 5 heteroatoms. The van der Waals surface area contributed by atoms with Crippen LogP contribution in [0.1, 0.15) is 28.5 Å². The van der Waals surface area contributed by atoms with Crippen LogP contribution in [0.2, 0.25) is 0 Å². The molecule has 94 valence electrons. The summed E-state index contributed by atoms with van der Waals surface area (Å²) >= 11 is 0. The predicted molar refractivity (Wildman–Crippen MR) is 66.8 cm³/mol. The molecule has 18 heavy (non-hydrogen) atoms. The third-order valence-electron chi connectivity index (χ3n) is 3.38. The van der Waals surface area contributed by atoms with Crippen LogP contribution in [0.25, 0.3) is 5.65 Å². The molecule has 1 aliphatic rings. The van der Waals surface area contributed by atoms with Gasteiger partial charge in [0.1, 0.15) is 11.3 Å². The fraction of sp³-hybridized carbons (Fsp3) is 0.385. The van der Waals surface area contributed by atoms with E-state index in [1.807, 2.05) is 18.3 Å². The Hall–Kier alpha value is -1.88. The second kappa shape index (κ2) is 4.42. The van der Waals surface area contributed by atoms with E-state index in [0.717, 1.165) is 30.9 Å². The Labute approximate surface area is 105 Å². The minimum Gasteiger partial charge on any atom is -0.464 e. The van der Waals surface area contributed by atoms with Gasteiger partial charge in [-0.1, -0.05) is 6.07 Å². The van der Waals surface area contributed by atoms with Gasteiger partial charge in [0.05, 0.1) is 12.8 Å². The molecule has 0 spiro atoms. The first-order chi connectivity index (χ1) is 8.79. The van der Waals surface area contributed by atoms with Crippen molar-refractivity contribution in [1.29, 1.82) is 0 Å². The number of imidazole rings is 1. The Morgan fingerprint density at radius 1 is 1.56 bits per heavy atom. The van der Waals surface area contributed by atoms with Crippen molar-refractivity contribution in [3.05, 3.63) is 35.8 Å². The quantitative estimate of drug-likeness (QED) is 0.808. The Bertz CT molecular complexity index is 585. The Kier molecular flexibility index (Phi) is 2.76. The van der Waals surface area contributed by atoms with Crippen LogP contribution < -0.4 is 5.32 Å². The summed E-state index contributed by atoms with van der Waals surface area (Å²) in [7, 11) is 1.39. The van der Waals surface area contributed by atoms with E-state index in [4.69, 9.17) is 4.74 Å². The number of hydrogen-bond donors (Lipinski definition) is 1. The van der Waals surface area contributed by atoms with Gasteiger partial charge in [-0.05, 0) is 25.1 Å². The molecule has 2 aromatic heterocycles. The molecule has 3 heterocycles. The highest BCUT2D eigenvalue weighted by atomic mass is 16.5. The molecule has 0 aromatic carbocycles. The zero-order chi connectivity index (χ0) is 12.5. The van der Waals surface area contributed by atoms with Crippen molar-refractivity contribution in [2.24, 2.45) is 0 Å². The topological polar surface area (TPSA) is 55.6 Å². The molecule has 1 unspecified atom stereocenters. The smallest absolute Gasteiger partial charge is 0.355 e. The summed E-state index contributed by atoms with van der Waals surface area (Å²) in [5.74, 6) is 0.101. The van der Waals surface area contributed by atoms with Gasteiger partial charge in [-0.25, -0.2) is 9.78 Å². The number of hydrogen-bond acceptors (Lipinski definition) is 4. The van der Waals surface area contributed by atoms with E-state index in [1.165, 1.54) is 7.11 Å². The summed E-state index contributed by atoms with van der Waals surface area (Å²) in [6.07, 6.45) is 3.04. The standard InChI is InChI=1S/C13H15N3O2/c1-18-13(17)11-3-2-4-12-15-10(8-16(11)12)9-5-6-14-7-9/h2-4,8-9,14H,5-7H2,1H3. The van der Waals surface area contributed by atoms with Gasteiger partial charge in [0.2, 0.25) is 0 Å². The third kappa shape index (κ3) is 1.76. The first-order valence-corrected chi connectivity index (χ1v) is 6.06. The van der Waals surface area contributed by atoms with Crippen molar-refractivity contribution in [2.75, 3.05) is 20.2 Å². The largest absolute Gasteiger partial charge is 0.464 e. The summed E-state index contributed by atoms with van der Waals surface area (Å²) < 4.78 is 6.58. The monoisotopic (exact) mass is 245 g/mol. The van der Waals surface area contributed by atoms with Crippen molar-refractivity contribution in [3.63, 3.8) is 0 Å². The highest BCUT2D eigenvalue weighted by Crippen LogP contribution is 2.22. The first kappa shape index (κ1) is 11.2. The fourth-order valence-electron chi connectivity index (χ4n) is 2.40. The number of fused-ring (bicyclic) bond motifs is 1. The zero-order valence-electron chi connectivity index (χ0n) is 10.2. The predicted octanol–water partition coefficient (Wildman–Crippen LogP) is 1.20. The lowest BCUT2D eigenvalue weighted by molar-refractivity contribution is 0.0592. The van der Waals surface area contributed by atoms with E-state index in [-0.39, 0.29) is 5.97 Å². The number of carbonyl (C=O) groups excluding carboxylic acids is 1. The SMILES string of the molecule is COC(=O)c1cccc2nc(C3CCNC3)cn12. The van der Waals surface area contributed by atoms with Crippen LogP contribution in [0.5, 0.6) is 0 Å². The lowest BCUT2D eigenvalue weighted by Gasteiger charge is -2.02. The van der Waals surface area contributed by atoms with Crippen molar-refractivity contribution in [1.82, 2.24) is 14.7 Å². The molecule has 1 atom stereocenters. The number of ether oxygens (including phenoxy) is 1. The second-order valence-electron chi connectivity index (χ2n) is 4.49. The molecule has 0 bridgehead atoms. The maximum Gasteiger partial charge on any atom is 0.355 e. The molecule has 1 N–H and O–H groups in total. The minimum atomic E-state index is -0.339. The van der Waals surface area contributed by atoms with E-state index in [1.54, 1.807) is 10.5 Å². The van der Waals surface area contributed by atoms with E-state index in [0.29, 0.717) is 11.6 Å². The Morgan fingerprint density at radius 2 is 2.44 bits per heavy atom. The average molecular weight is 245 g/mol. The van der Waals surface area contributed by atoms with Gasteiger partial charge in [0.25, 0.3) is 0 Å². The van der Waals surface area contributed by atoms with Crippen molar-refractivity contribution >= 4 is 11.6 Å². The van der Waals surface area contributed by atoms with Gasteiger partial charge in [0, 0.05) is 18.7 Å². The molecule has 1 aliphatic heterocycles. The maximum atomic E-state index is 11.7. The maximum absolute atomic E-state index is 11.7. The number of nitrogens with one attached hydrogen (secondary N) is 1. The van der Waals surface area contributed by atoms with Gasteiger partial charge >= 0.3 is 5.97 Å². The second-order valence-corrected chi connectivity index (χ2v) is 4.49. The van der Waals surface area contributed by atoms with Crippen molar-refractivity contribution in [2.45, 2.75) is 12.3 Å². The number of pyridine rings is 1. The third-order valence-corrected chi connectivity index (χ3v) is 3.38. The Balaban J connectivity index is 2.08. The number of carbonyl (C=O) groups is 1. The molecule has 0 aliphatic carbocycles. The van der Waals surface area contributed by atoms with Crippen LogP contribution in [0.4, 0.5) is 0 Å². The normalized spacial score (nSPS) is 19.3. The van der Waals surface area contributed by atoms with Gasteiger partial charge in [0.15, 0.2) is 0 Å². The molecule has 1 fully saturated rings. The van der Waals surface area contributed by atoms with Crippen LogP contribution >= 0.6 is 0 Å². The zero-order valence-corrected chi connectivity index (χ0v) is 10.2. The fourth-order valence-corrected chi connectivity index (χ4v) is 2.40. The van der Waals surface area contributed by atoms with E-state index in [2.05, 4.69) is 10.3 Å². The Morgan fingerprint density at radius 3 is 3.17 bits per heavy atom. The van der Waals surface area contributed by atoms with Crippen molar-refractivity contribution < 1.29 is 9.53 Å². The van der Waals surface area contributed by atoms with Gasteiger partial charge in [-0.3, -0.25) is 4.40 Å². The van der Waals surface area contributed by atoms with E-state index in [9.17, 15) is 4.79 Å². The van der Waals surface area contributed by atoms with Crippen LogP contribution in [-0.4, -0.2) is 35.6 Å². The molecule has 2 aromatic rings. The first-order valence-electron chi connectivity index (χ1n) is 6.06. The number of methoxy groups -OCH3 is 1. The van der Waals surface area contributed by atoms with Gasteiger partial charge in [-0.2, -0.15) is 0 Å². The van der Waals surface area contributed by atoms with Gasteiger partial charge in [-0.15, -0.1) is 0 Å². The highest BCUT2D eigenvalue weighted by molar-refractivity contribution is 5.88. The van der Waals surface area contributed by atoms with Crippen molar-refractivity contribution in [3.8, 4) is 0 Å². The summed E-state index contributed by atoms with van der Waals surface area (Å²) in [5.41, 5.74) is 2.34. The minimum absolute atomic E-state index is 0.339. The molecule has 0 saturated carbocycles. The number of nitrogens with zero attached hydrogens (tertiary/aromatic N) is 2. The molecule has 3 rings (SSSR count). The molecule has 0 amide bonds. The van der Waals surface area contributed by atoms with Crippen LogP contribution in [0.15, 0.2) is 24.4 Å². The molecule has 1 saturated heterocycles. The lowest BCUT2D eigenvalue weighted by Crippen LogP contribution is -2.08. The van der Waals surface area contributed by atoms with Crippen LogP contribution in [-0.2, 0) is 4.74 Å². The lowest BCUT2D eigenvalue weighted by atomic mass is 10.1. The molecular weight excluding hydrogens is 230 g/mol. The molecule has 0 radical (unpaired) electrons. The highest BCUT2D eigenvalue weighted by Gasteiger charge is 2.20. The van der Waals surface area contributed by atoms with E-state index < -0.39 is 0 Å².